The summed E-state index contributed by atoms with van der Waals surface area (Å²) in [6.45, 7) is 1.72. The Morgan fingerprint density at radius 2 is 2.12 bits per heavy atom. The number of para-hydroxylation sites is 1. The zero-order valence-electron chi connectivity index (χ0n) is 12.7. The molecular formula is C16H14BrN3O4. The summed E-state index contributed by atoms with van der Waals surface area (Å²) in [5, 5.41) is 14.6. The Morgan fingerprint density at radius 1 is 1.38 bits per heavy atom. The smallest absolute Gasteiger partial charge is 0.278 e. The van der Waals surface area contributed by atoms with Gasteiger partial charge in [0.05, 0.1) is 21.2 Å². The first-order valence-corrected chi connectivity index (χ1v) is 7.71. The van der Waals surface area contributed by atoms with Crippen LogP contribution in [0, 0.1) is 17.0 Å². The predicted octanol–water partition coefficient (Wildman–Crippen LogP) is 3.19. The Kier molecular flexibility index (Phi) is 6.02. The van der Waals surface area contributed by atoms with Gasteiger partial charge in [0, 0.05) is 6.07 Å². The highest BCUT2D eigenvalue weighted by Crippen LogP contribution is 2.25. The van der Waals surface area contributed by atoms with E-state index >= 15 is 0 Å². The molecule has 24 heavy (non-hydrogen) atoms. The molecule has 0 radical (unpaired) electrons. The molecule has 0 saturated carbocycles. The van der Waals surface area contributed by atoms with Gasteiger partial charge in [0.25, 0.3) is 11.6 Å². The van der Waals surface area contributed by atoms with Crippen LogP contribution in [0.3, 0.4) is 0 Å². The number of ether oxygens (including phenoxy) is 1. The zero-order valence-corrected chi connectivity index (χ0v) is 14.3. The molecule has 8 heteroatoms. The molecule has 0 fully saturated rings. The van der Waals surface area contributed by atoms with Crippen LogP contribution >= 0.6 is 15.9 Å². The number of aryl methyl sites for hydroxylation is 1. The Bertz CT molecular complexity index is 793. The van der Waals surface area contributed by atoms with E-state index in [2.05, 4.69) is 26.5 Å². The van der Waals surface area contributed by atoms with E-state index in [0.717, 1.165) is 10.0 Å². The summed E-state index contributed by atoms with van der Waals surface area (Å²) in [4.78, 5) is 22.1. The van der Waals surface area contributed by atoms with Crippen LogP contribution < -0.4 is 10.2 Å². The van der Waals surface area contributed by atoms with Crippen molar-refractivity contribution in [3.63, 3.8) is 0 Å². The van der Waals surface area contributed by atoms with Crippen LogP contribution in [-0.2, 0) is 4.79 Å². The van der Waals surface area contributed by atoms with E-state index in [9.17, 15) is 14.9 Å². The molecule has 1 amide bonds. The van der Waals surface area contributed by atoms with Crippen molar-refractivity contribution in [2.24, 2.45) is 5.10 Å². The standard InChI is InChI=1S/C16H14BrN3O4/c1-11-6-7-15(13(17)8-11)24-10-16(21)19-18-9-12-4-2-3-5-14(12)20(22)23/h2-9H,10H2,1H3,(H,19,21)/b18-9+. The quantitative estimate of drug-likeness (QED) is 0.464. The summed E-state index contributed by atoms with van der Waals surface area (Å²) in [6.07, 6.45) is 1.22. The van der Waals surface area contributed by atoms with Gasteiger partial charge in [-0.3, -0.25) is 14.9 Å². The molecule has 124 valence electrons. The Labute approximate surface area is 146 Å². The highest BCUT2D eigenvalue weighted by atomic mass is 79.9. The molecule has 0 saturated heterocycles. The van der Waals surface area contributed by atoms with Gasteiger partial charge in [-0.25, -0.2) is 5.43 Å². The third-order valence-electron chi connectivity index (χ3n) is 2.97. The predicted molar refractivity (Wildman–Crippen MR) is 93.2 cm³/mol. The second-order valence-electron chi connectivity index (χ2n) is 4.83. The average Bonchev–Trinajstić information content (AvgIpc) is 2.54. The van der Waals surface area contributed by atoms with Crippen LogP contribution in [0.5, 0.6) is 5.75 Å². The fourth-order valence-electron chi connectivity index (χ4n) is 1.84. The maximum atomic E-state index is 11.7. The molecule has 2 aromatic rings. The SMILES string of the molecule is Cc1ccc(OCC(=O)N/N=C/c2ccccc2[N+](=O)[O-])c(Br)c1. The number of hydrogen-bond donors (Lipinski definition) is 1. The number of benzene rings is 2. The van der Waals surface area contributed by atoms with Gasteiger partial charge in [0.2, 0.25) is 0 Å². The van der Waals surface area contributed by atoms with Crippen molar-refractivity contribution >= 4 is 33.7 Å². The van der Waals surface area contributed by atoms with Gasteiger partial charge in [-0.1, -0.05) is 18.2 Å². The van der Waals surface area contributed by atoms with Gasteiger partial charge in [0.1, 0.15) is 5.75 Å². The number of halogens is 1. The number of amides is 1. The van der Waals surface area contributed by atoms with Crippen molar-refractivity contribution in [3.05, 3.63) is 68.2 Å². The molecule has 0 aliphatic heterocycles. The Balaban J connectivity index is 1.90. The monoisotopic (exact) mass is 391 g/mol. The molecule has 0 heterocycles. The second-order valence-corrected chi connectivity index (χ2v) is 5.69. The zero-order chi connectivity index (χ0) is 17.5. The van der Waals surface area contributed by atoms with Gasteiger partial charge < -0.3 is 4.74 Å². The lowest BCUT2D eigenvalue weighted by Crippen LogP contribution is -2.24. The molecular weight excluding hydrogens is 378 g/mol. The summed E-state index contributed by atoms with van der Waals surface area (Å²) < 4.78 is 6.13. The number of nitro benzene ring substituents is 1. The van der Waals surface area contributed by atoms with Crippen molar-refractivity contribution in [1.29, 1.82) is 0 Å². The number of nitrogens with zero attached hydrogens (tertiary/aromatic N) is 2. The molecule has 0 aromatic heterocycles. The average molecular weight is 392 g/mol. The minimum absolute atomic E-state index is 0.0877. The molecule has 0 spiro atoms. The van der Waals surface area contributed by atoms with Crippen LogP contribution in [-0.4, -0.2) is 23.7 Å². The molecule has 0 aliphatic carbocycles. The highest BCUT2D eigenvalue weighted by molar-refractivity contribution is 9.10. The third-order valence-corrected chi connectivity index (χ3v) is 3.59. The lowest BCUT2D eigenvalue weighted by Gasteiger charge is -2.07. The topological polar surface area (TPSA) is 93.8 Å². The van der Waals surface area contributed by atoms with E-state index in [0.29, 0.717) is 11.3 Å². The van der Waals surface area contributed by atoms with Gasteiger partial charge in [-0.15, -0.1) is 0 Å². The fourth-order valence-corrected chi connectivity index (χ4v) is 2.44. The minimum atomic E-state index is -0.513. The molecule has 7 nitrogen and oxygen atoms in total. The number of nitrogens with one attached hydrogen (secondary N) is 1. The maximum Gasteiger partial charge on any atom is 0.278 e. The molecule has 0 bridgehead atoms. The third kappa shape index (κ3) is 4.88. The van der Waals surface area contributed by atoms with Gasteiger partial charge >= 0.3 is 0 Å². The van der Waals surface area contributed by atoms with E-state index in [4.69, 9.17) is 4.74 Å². The second kappa shape index (κ2) is 8.21. The van der Waals surface area contributed by atoms with Crippen LogP contribution in [0.4, 0.5) is 5.69 Å². The molecule has 1 N–H and O–H groups in total. The van der Waals surface area contributed by atoms with Gasteiger partial charge in [-0.2, -0.15) is 5.10 Å². The Hall–Kier alpha value is -2.74. The number of carbonyl (C=O) groups is 1. The fraction of sp³-hybridized carbons (Fsp3) is 0.125. The lowest BCUT2D eigenvalue weighted by molar-refractivity contribution is -0.385. The largest absolute Gasteiger partial charge is 0.483 e. The first-order valence-electron chi connectivity index (χ1n) is 6.91. The summed E-state index contributed by atoms with van der Waals surface area (Å²) >= 11 is 3.35. The van der Waals surface area contributed by atoms with Crippen LogP contribution in [0.2, 0.25) is 0 Å². The van der Waals surface area contributed by atoms with E-state index < -0.39 is 10.8 Å². The van der Waals surface area contributed by atoms with Crippen molar-refractivity contribution in [2.45, 2.75) is 6.92 Å². The molecule has 2 aromatic carbocycles. The highest BCUT2D eigenvalue weighted by Gasteiger charge is 2.10. The van der Waals surface area contributed by atoms with Gasteiger partial charge in [-0.05, 0) is 46.6 Å². The van der Waals surface area contributed by atoms with Crippen molar-refractivity contribution in [3.8, 4) is 5.75 Å². The number of hydrogen-bond acceptors (Lipinski definition) is 5. The lowest BCUT2D eigenvalue weighted by atomic mass is 10.2. The number of rotatable bonds is 6. The van der Waals surface area contributed by atoms with E-state index in [1.807, 2.05) is 19.1 Å². The Morgan fingerprint density at radius 3 is 2.83 bits per heavy atom. The van der Waals surface area contributed by atoms with Crippen LogP contribution in [0.1, 0.15) is 11.1 Å². The van der Waals surface area contributed by atoms with E-state index in [1.165, 1.54) is 18.3 Å². The first kappa shape index (κ1) is 17.6. The molecule has 0 atom stereocenters. The molecule has 0 unspecified atom stereocenters. The normalized spacial score (nSPS) is 10.6. The van der Waals surface area contributed by atoms with E-state index in [-0.39, 0.29) is 12.3 Å². The van der Waals surface area contributed by atoms with Gasteiger partial charge in [0.15, 0.2) is 6.61 Å². The minimum Gasteiger partial charge on any atom is -0.483 e. The summed E-state index contributed by atoms with van der Waals surface area (Å²) in [5.41, 5.74) is 3.54. The summed E-state index contributed by atoms with van der Waals surface area (Å²) in [7, 11) is 0. The van der Waals surface area contributed by atoms with Crippen molar-refractivity contribution in [1.82, 2.24) is 5.43 Å². The maximum absolute atomic E-state index is 11.7. The van der Waals surface area contributed by atoms with Crippen LogP contribution in [0.25, 0.3) is 0 Å². The number of nitro groups is 1. The first-order chi connectivity index (χ1) is 11.5. The number of hydrazone groups is 1. The summed E-state index contributed by atoms with van der Waals surface area (Å²) in [6, 6.07) is 11.6. The number of carbonyl (C=O) groups excluding carboxylic acids is 1. The van der Waals surface area contributed by atoms with E-state index in [1.54, 1.807) is 18.2 Å². The van der Waals surface area contributed by atoms with Crippen molar-refractivity contribution < 1.29 is 14.5 Å². The van der Waals surface area contributed by atoms with Crippen molar-refractivity contribution in [2.75, 3.05) is 6.61 Å². The van der Waals surface area contributed by atoms with Crippen LogP contribution in [0.15, 0.2) is 52.0 Å². The molecule has 2 rings (SSSR count). The molecule has 0 aliphatic rings. The summed E-state index contributed by atoms with van der Waals surface area (Å²) in [5.74, 6) is 0.0655.